The molecule has 2 N–H and O–H groups in total. The predicted molar refractivity (Wildman–Crippen MR) is 64.6 cm³/mol. The molecular weight excluding hydrogens is 234 g/mol. The van der Waals surface area contributed by atoms with Crippen LogP contribution in [0.1, 0.15) is 33.1 Å². The quantitative estimate of drug-likeness (QED) is 0.757. The Hall–Kier alpha value is -1.20. The third-order valence-electron chi connectivity index (χ3n) is 4.08. The summed E-state index contributed by atoms with van der Waals surface area (Å²) in [6.45, 7) is 4.41. The molecule has 2 rings (SSSR count). The van der Waals surface area contributed by atoms with Gasteiger partial charge in [0.25, 0.3) is 0 Å². The van der Waals surface area contributed by atoms with Crippen LogP contribution in [0.5, 0.6) is 0 Å². The summed E-state index contributed by atoms with van der Waals surface area (Å²) in [7, 11) is 0. The third kappa shape index (κ3) is 1.87. The average Bonchev–Trinajstić information content (AvgIpc) is 2.36. The van der Waals surface area contributed by atoms with E-state index >= 15 is 0 Å². The molecule has 2 fully saturated rings. The van der Waals surface area contributed by atoms with Crippen molar-refractivity contribution in [2.24, 2.45) is 11.1 Å². The maximum Gasteiger partial charge on any atom is 0.339 e. The monoisotopic (exact) mass is 253 g/mol. The van der Waals surface area contributed by atoms with Gasteiger partial charge in [-0.05, 0) is 39.2 Å². The van der Waals surface area contributed by atoms with Crippen molar-refractivity contribution in [3.8, 4) is 0 Å². The van der Waals surface area contributed by atoms with Crippen molar-refractivity contribution in [2.45, 2.75) is 38.6 Å². The summed E-state index contributed by atoms with van der Waals surface area (Å²) in [4.78, 5) is 23.6. The number of Topliss-reactive ketones (excluding diaryl/α,β-unsaturated/α-hetero) is 1. The lowest BCUT2D eigenvalue weighted by molar-refractivity contribution is -0.164. The van der Waals surface area contributed by atoms with E-state index in [1.807, 2.05) is 0 Å². The van der Waals surface area contributed by atoms with Gasteiger partial charge in [0.1, 0.15) is 11.5 Å². The van der Waals surface area contributed by atoms with Gasteiger partial charge >= 0.3 is 5.97 Å². The lowest BCUT2D eigenvalue weighted by atomic mass is 9.67. The summed E-state index contributed by atoms with van der Waals surface area (Å²) in [6, 6.07) is 0. The summed E-state index contributed by atoms with van der Waals surface area (Å²) < 4.78 is 10.2. The number of carbonyl (C=O) groups excluding carboxylic acids is 2. The predicted octanol–water partition coefficient (Wildman–Crippen LogP) is 0.920. The van der Waals surface area contributed by atoms with Crippen LogP contribution in [-0.4, -0.2) is 30.5 Å². The van der Waals surface area contributed by atoms with E-state index in [-0.39, 0.29) is 5.78 Å². The van der Waals surface area contributed by atoms with Gasteiger partial charge in [0.2, 0.25) is 0 Å². The maximum atomic E-state index is 12.0. The van der Waals surface area contributed by atoms with E-state index in [1.165, 1.54) is 0 Å². The number of cyclic esters (lactones) is 1. The summed E-state index contributed by atoms with van der Waals surface area (Å²) >= 11 is 0. The van der Waals surface area contributed by atoms with Crippen LogP contribution in [0.15, 0.2) is 11.8 Å². The van der Waals surface area contributed by atoms with Crippen LogP contribution in [0.2, 0.25) is 0 Å². The van der Waals surface area contributed by atoms with Gasteiger partial charge in [0, 0.05) is 18.6 Å². The number of nitrogens with two attached hydrogens (primary N) is 1. The Morgan fingerprint density at radius 2 is 2.06 bits per heavy atom. The Morgan fingerprint density at radius 3 is 2.50 bits per heavy atom. The molecule has 2 saturated heterocycles. The van der Waals surface area contributed by atoms with Crippen LogP contribution in [-0.2, 0) is 19.1 Å². The highest BCUT2D eigenvalue weighted by molar-refractivity contribution is 5.93. The molecule has 2 aliphatic rings. The second kappa shape index (κ2) is 4.48. The van der Waals surface area contributed by atoms with Crippen molar-refractivity contribution in [3.63, 3.8) is 0 Å². The van der Waals surface area contributed by atoms with E-state index in [0.717, 1.165) is 0 Å². The lowest BCUT2D eigenvalue weighted by Crippen LogP contribution is -2.63. The van der Waals surface area contributed by atoms with E-state index < -0.39 is 16.9 Å². The maximum absolute atomic E-state index is 12.0. The van der Waals surface area contributed by atoms with Crippen molar-refractivity contribution >= 4 is 11.8 Å². The molecule has 0 spiro atoms. The fraction of sp³-hybridized carbons (Fsp3) is 0.692. The molecule has 0 radical (unpaired) electrons. The summed E-state index contributed by atoms with van der Waals surface area (Å²) in [5.41, 5.74) is 4.44. The van der Waals surface area contributed by atoms with Crippen LogP contribution >= 0.6 is 0 Å². The number of ketones is 1. The molecule has 0 saturated carbocycles. The molecule has 0 aromatic heterocycles. The molecule has 2 heterocycles. The highest BCUT2D eigenvalue weighted by Crippen LogP contribution is 2.44. The van der Waals surface area contributed by atoms with Crippen molar-refractivity contribution in [2.75, 3.05) is 13.2 Å². The van der Waals surface area contributed by atoms with Crippen LogP contribution < -0.4 is 5.73 Å². The van der Waals surface area contributed by atoms with Crippen molar-refractivity contribution in [3.05, 3.63) is 11.8 Å². The first-order valence-electron chi connectivity index (χ1n) is 6.21. The SMILES string of the molecule is C/C=C1\OC(=O)C1(N)CC1(C(C)=O)CCOCC1. The van der Waals surface area contributed by atoms with E-state index in [2.05, 4.69) is 0 Å². The standard InChI is InChI=1S/C13H19NO4/c1-3-10-13(14,11(16)18-10)8-12(9(2)15)4-6-17-7-5-12/h3H,4-8,14H2,1-2H3/b10-3-. The first-order valence-corrected chi connectivity index (χ1v) is 6.21. The summed E-state index contributed by atoms with van der Waals surface area (Å²) in [5.74, 6) is 0.105. The largest absolute Gasteiger partial charge is 0.427 e. The first-order chi connectivity index (χ1) is 8.44. The van der Waals surface area contributed by atoms with E-state index in [0.29, 0.717) is 38.2 Å². The van der Waals surface area contributed by atoms with Gasteiger partial charge in [-0.25, -0.2) is 4.79 Å². The number of hydrogen-bond donors (Lipinski definition) is 1. The fourth-order valence-electron chi connectivity index (χ4n) is 2.76. The molecule has 2 aliphatic heterocycles. The van der Waals surface area contributed by atoms with Gasteiger partial charge in [-0.15, -0.1) is 0 Å². The summed E-state index contributed by atoms with van der Waals surface area (Å²) in [6.07, 6.45) is 3.24. The second-order valence-corrected chi connectivity index (χ2v) is 5.14. The fourth-order valence-corrected chi connectivity index (χ4v) is 2.76. The zero-order valence-electron chi connectivity index (χ0n) is 10.8. The molecule has 0 aromatic rings. The number of allylic oxidation sites excluding steroid dienone is 1. The van der Waals surface area contributed by atoms with E-state index in [9.17, 15) is 9.59 Å². The van der Waals surface area contributed by atoms with Crippen molar-refractivity contribution < 1.29 is 19.1 Å². The van der Waals surface area contributed by atoms with Gasteiger partial charge in [-0.1, -0.05) is 0 Å². The topological polar surface area (TPSA) is 78.6 Å². The van der Waals surface area contributed by atoms with Crippen molar-refractivity contribution in [1.29, 1.82) is 0 Å². The van der Waals surface area contributed by atoms with Gasteiger partial charge in [0.05, 0.1) is 0 Å². The Labute approximate surface area is 106 Å². The molecule has 5 nitrogen and oxygen atoms in total. The number of rotatable bonds is 3. The smallest absolute Gasteiger partial charge is 0.339 e. The van der Waals surface area contributed by atoms with Crippen LogP contribution in [0.25, 0.3) is 0 Å². The van der Waals surface area contributed by atoms with Gasteiger partial charge in [-0.3, -0.25) is 4.79 Å². The number of ether oxygens (including phenoxy) is 2. The molecule has 100 valence electrons. The van der Waals surface area contributed by atoms with Crippen LogP contribution in [0, 0.1) is 5.41 Å². The molecule has 0 bridgehead atoms. The lowest BCUT2D eigenvalue weighted by Gasteiger charge is -2.45. The number of esters is 1. The molecule has 5 heteroatoms. The van der Waals surface area contributed by atoms with Crippen LogP contribution in [0.3, 0.4) is 0 Å². The minimum absolute atomic E-state index is 0.0748. The van der Waals surface area contributed by atoms with Crippen LogP contribution in [0.4, 0.5) is 0 Å². The second-order valence-electron chi connectivity index (χ2n) is 5.14. The molecule has 1 unspecified atom stereocenters. The zero-order valence-corrected chi connectivity index (χ0v) is 10.8. The first kappa shape index (κ1) is 13.2. The minimum atomic E-state index is -1.13. The highest BCUT2D eigenvalue weighted by atomic mass is 16.6. The zero-order chi connectivity index (χ0) is 13.4. The Kier molecular flexibility index (Phi) is 3.29. The van der Waals surface area contributed by atoms with Gasteiger partial charge in [-0.2, -0.15) is 0 Å². The number of hydrogen-bond acceptors (Lipinski definition) is 5. The van der Waals surface area contributed by atoms with Gasteiger partial charge in [0.15, 0.2) is 5.54 Å². The molecular formula is C13H19NO4. The summed E-state index contributed by atoms with van der Waals surface area (Å²) in [5, 5.41) is 0. The van der Waals surface area contributed by atoms with E-state index in [1.54, 1.807) is 19.9 Å². The average molecular weight is 253 g/mol. The van der Waals surface area contributed by atoms with Crippen molar-refractivity contribution in [1.82, 2.24) is 0 Å². The number of carbonyl (C=O) groups is 2. The minimum Gasteiger partial charge on any atom is -0.427 e. The third-order valence-corrected chi connectivity index (χ3v) is 4.08. The van der Waals surface area contributed by atoms with Gasteiger partial charge < -0.3 is 15.2 Å². The molecule has 0 amide bonds. The van der Waals surface area contributed by atoms with E-state index in [4.69, 9.17) is 15.2 Å². The molecule has 0 aliphatic carbocycles. The Morgan fingerprint density at radius 1 is 1.44 bits per heavy atom. The molecule has 18 heavy (non-hydrogen) atoms. The Bertz CT molecular complexity index is 409. The highest BCUT2D eigenvalue weighted by Gasteiger charge is 2.56. The Balaban J connectivity index is 2.24. The molecule has 1 atom stereocenters. The molecule has 0 aromatic carbocycles. The normalized spacial score (nSPS) is 32.8.